The molecule has 0 spiro atoms. The molecule has 6 N–H and O–H groups in total. The summed E-state index contributed by atoms with van der Waals surface area (Å²) in [5.74, 6) is -1.60. The first-order valence-electron chi connectivity index (χ1n) is 9.66. The Morgan fingerprint density at radius 2 is 1.25 bits per heavy atom. The van der Waals surface area contributed by atoms with Crippen LogP contribution in [-0.4, -0.2) is 71.2 Å². The Morgan fingerprint density at radius 3 is 1.57 bits per heavy atom. The fraction of sp³-hybridized carbons (Fsp3) is 0.875. The number of carboxylic acids is 2. The first-order valence-corrected chi connectivity index (χ1v) is 12.1. The van der Waals surface area contributed by atoms with E-state index < -0.39 is 36.4 Å². The van der Waals surface area contributed by atoms with Crippen LogP contribution in [0.15, 0.2) is 0 Å². The molecule has 2 fully saturated rings. The highest BCUT2D eigenvalue weighted by Gasteiger charge is 2.29. The van der Waals surface area contributed by atoms with Gasteiger partial charge >= 0.3 is 11.9 Å². The van der Waals surface area contributed by atoms with Crippen LogP contribution < -0.4 is 20.8 Å². The molecule has 2 heterocycles. The van der Waals surface area contributed by atoms with Gasteiger partial charge in [-0.2, -0.15) is 0 Å². The minimum Gasteiger partial charge on any atom is -0.633 e. The Hall–Kier alpha value is -0.600. The predicted octanol–water partition coefficient (Wildman–Crippen LogP) is -1.76. The number of hydroxylamine groups is 4. The molecule has 0 aliphatic carbocycles. The predicted molar refractivity (Wildman–Crippen MR) is 108 cm³/mol. The lowest BCUT2D eigenvalue weighted by Gasteiger charge is -2.37. The number of quaternary nitrogens is 2. The number of hydrogen-bond donors (Lipinski definition) is 6. The van der Waals surface area contributed by atoms with Gasteiger partial charge in [0.2, 0.25) is 0 Å². The van der Waals surface area contributed by atoms with E-state index in [-0.39, 0.29) is 21.6 Å². The van der Waals surface area contributed by atoms with Crippen molar-refractivity contribution in [3.63, 3.8) is 0 Å². The van der Waals surface area contributed by atoms with E-state index in [0.29, 0.717) is 25.9 Å². The van der Waals surface area contributed by atoms with Crippen LogP contribution in [-0.2, 0) is 9.59 Å². The highest BCUT2D eigenvalue weighted by Crippen LogP contribution is 2.23. The molecule has 0 radical (unpaired) electrons. The Balaban J connectivity index is 1.75. The van der Waals surface area contributed by atoms with Gasteiger partial charge in [-0.25, -0.2) is 0 Å². The van der Waals surface area contributed by atoms with Crippen molar-refractivity contribution in [2.24, 2.45) is 0 Å². The van der Waals surface area contributed by atoms with Crippen LogP contribution >= 0.6 is 21.6 Å². The van der Waals surface area contributed by atoms with E-state index in [1.54, 1.807) is 0 Å². The topological polar surface area (TPSA) is 154 Å². The lowest BCUT2D eigenvalue weighted by Crippen LogP contribution is -3.14. The van der Waals surface area contributed by atoms with Crippen molar-refractivity contribution >= 4 is 33.5 Å². The summed E-state index contributed by atoms with van der Waals surface area (Å²) >= 11 is 0. The lowest BCUT2D eigenvalue weighted by molar-refractivity contribution is -0.885. The molecule has 12 heteroatoms. The molecule has 2 aliphatic heterocycles. The van der Waals surface area contributed by atoms with Gasteiger partial charge in [0.1, 0.15) is 24.4 Å². The van der Waals surface area contributed by atoms with Crippen LogP contribution in [0.1, 0.15) is 38.5 Å². The normalized spacial score (nSPS) is 30.5. The fourth-order valence-corrected chi connectivity index (χ4v) is 5.75. The maximum absolute atomic E-state index is 11.9. The van der Waals surface area contributed by atoms with E-state index in [1.165, 1.54) is 21.6 Å². The van der Waals surface area contributed by atoms with Crippen LogP contribution in [0.25, 0.3) is 0 Å². The number of nitrogens with one attached hydrogen (secondary N) is 4. The second kappa shape index (κ2) is 12.2. The molecule has 0 aromatic heterocycles. The molecule has 0 saturated carbocycles. The van der Waals surface area contributed by atoms with Crippen LogP contribution in [0.2, 0.25) is 0 Å². The minimum atomic E-state index is -1.02. The third-order valence-corrected chi connectivity index (χ3v) is 7.48. The Bertz CT molecular complexity index is 474. The minimum absolute atomic E-state index is 0.0578. The maximum atomic E-state index is 11.9. The van der Waals surface area contributed by atoms with Crippen LogP contribution in [0.4, 0.5) is 0 Å². The highest BCUT2D eigenvalue weighted by atomic mass is 33.1. The van der Waals surface area contributed by atoms with Crippen molar-refractivity contribution in [2.45, 2.75) is 62.9 Å². The van der Waals surface area contributed by atoms with Gasteiger partial charge in [0, 0.05) is 24.3 Å². The number of aliphatic carboxylic acids is 2. The molecule has 2 rings (SSSR count). The van der Waals surface area contributed by atoms with Gasteiger partial charge in [-0.3, -0.25) is 20.2 Å². The van der Waals surface area contributed by atoms with E-state index in [4.69, 9.17) is 0 Å². The van der Waals surface area contributed by atoms with Crippen molar-refractivity contribution in [3.8, 4) is 0 Å². The average molecular weight is 439 g/mol. The second-order valence-corrected chi connectivity index (χ2v) is 9.77. The van der Waals surface area contributed by atoms with Crippen LogP contribution in [0.5, 0.6) is 0 Å². The fourth-order valence-electron chi connectivity index (χ4n) is 3.42. The van der Waals surface area contributed by atoms with Gasteiger partial charge in [0.25, 0.3) is 0 Å². The zero-order chi connectivity index (χ0) is 20.5. The number of rotatable bonds is 11. The van der Waals surface area contributed by atoms with Gasteiger partial charge < -0.3 is 30.8 Å². The summed E-state index contributed by atoms with van der Waals surface area (Å²) in [5.41, 5.74) is 0. The summed E-state index contributed by atoms with van der Waals surface area (Å²) in [6.07, 6.45) is 4.01. The molecule has 162 valence electrons. The monoisotopic (exact) mass is 438 g/mol. The molecule has 6 atom stereocenters. The second-order valence-electron chi connectivity index (χ2n) is 7.21. The molecule has 0 bridgehead atoms. The van der Waals surface area contributed by atoms with E-state index in [1.807, 2.05) is 0 Å². The molecule has 0 amide bonds. The van der Waals surface area contributed by atoms with Crippen molar-refractivity contribution in [1.29, 1.82) is 0 Å². The van der Waals surface area contributed by atoms with Gasteiger partial charge in [0.15, 0.2) is 0 Å². The van der Waals surface area contributed by atoms with Gasteiger partial charge in [-0.05, 0) is 25.7 Å². The Kier molecular flexibility index (Phi) is 10.3. The molecule has 6 unspecified atom stereocenters. The van der Waals surface area contributed by atoms with Crippen LogP contribution in [0.3, 0.4) is 0 Å². The number of carboxylic acid groups (broad SMARTS) is 2. The lowest BCUT2D eigenvalue weighted by atomic mass is 10.1. The van der Waals surface area contributed by atoms with Crippen molar-refractivity contribution in [1.82, 2.24) is 10.6 Å². The molecule has 0 aromatic carbocycles. The number of hydrogen-bond acceptors (Lipinski definition) is 8. The summed E-state index contributed by atoms with van der Waals surface area (Å²) in [6, 6.07) is -1.72. The highest BCUT2D eigenvalue weighted by molar-refractivity contribution is 8.76. The van der Waals surface area contributed by atoms with E-state index in [0.717, 1.165) is 25.7 Å². The number of piperidine rings is 2. The van der Waals surface area contributed by atoms with Gasteiger partial charge in [-0.15, -0.1) is 0 Å². The van der Waals surface area contributed by atoms with Crippen molar-refractivity contribution < 1.29 is 29.9 Å². The quantitative estimate of drug-likeness (QED) is 0.124. The van der Waals surface area contributed by atoms with E-state index in [9.17, 15) is 30.2 Å². The summed E-state index contributed by atoms with van der Waals surface area (Å²) < 4.78 is 0. The SMILES string of the molecule is O=C(O)C(CSSCC(NC1CCCC[NH+]1[O-])C(=O)O)NC1CCCC[NH+]1[O-]. The largest absolute Gasteiger partial charge is 0.633 e. The summed E-state index contributed by atoms with van der Waals surface area (Å²) in [5, 5.41) is 48.5. The van der Waals surface area contributed by atoms with E-state index >= 15 is 0 Å². The van der Waals surface area contributed by atoms with Gasteiger partial charge in [0.05, 0.1) is 13.1 Å². The zero-order valence-corrected chi connectivity index (χ0v) is 17.4. The molecule has 2 aliphatic rings. The molecule has 0 aromatic rings. The van der Waals surface area contributed by atoms with Crippen molar-refractivity contribution in [3.05, 3.63) is 10.4 Å². The van der Waals surface area contributed by atoms with Gasteiger partial charge in [-0.1, -0.05) is 21.6 Å². The third kappa shape index (κ3) is 7.67. The first kappa shape index (κ1) is 23.7. The number of carbonyl (C=O) groups is 2. The molecular weight excluding hydrogens is 408 g/mol. The Morgan fingerprint density at radius 1 is 0.857 bits per heavy atom. The third-order valence-electron chi connectivity index (χ3n) is 5.06. The summed E-state index contributed by atoms with van der Waals surface area (Å²) in [6.45, 7) is 0.968. The smallest absolute Gasteiger partial charge is 0.321 e. The Labute approximate surface area is 172 Å². The molecular formula is C16H30N4O6S2. The summed E-state index contributed by atoms with van der Waals surface area (Å²) in [4.78, 5) is 22.9. The first-order chi connectivity index (χ1) is 13.4. The maximum Gasteiger partial charge on any atom is 0.321 e. The van der Waals surface area contributed by atoms with Crippen LogP contribution in [0, 0.1) is 10.4 Å². The van der Waals surface area contributed by atoms with Crippen molar-refractivity contribution in [2.75, 3.05) is 24.6 Å². The standard InChI is InChI=1S/C16H30N4O6S2/c21-15(22)11(17-13-5-1-3-7-19(13)25)9-27-28-10-12(16(23)24)18-14-6-2-4-8-20(14)26/h11-14,17-20H,1-10H2,(H,21,22)(H,23,24). The molecule has 28 heavy (non-hydrogen) atoms. The zero-order valence-electron chi connectivity index (χ0n) is 15.7. The summed E-state index contributed by atoms with van der Waals surface area (Å²) in [7, 11) is 2.52. The molecule has 2 saturated heterocycles. The average Bonchev–Trinajstić information content (AvgIpc) is 2.65. The molecule has 10 nitrogen and oxygen atoms in total. The van der Waals surface area contributed by atoms with E-state index in [2.05, 4.69) is 10.6 Å².